The summed E-state index contributed by atoms with van der Waals surface area (Å²) in [5.74, 6) is -0.491. The van der Waals surface area contributed by atoms with Gasteiger partial charge in [-0.15, -0.1) is 11.3 Å². The predicted octanol–water partition coefficient (Wildman–Crippen LogP) is 1.84. The van der Waals surface area contributed by atoms with Gasteiger partial charge in [0.15, 0.2) is 0 Å². The van der Waals surface area contributed by atoms with Crippen molar-refractivity contribution >= 4 is 23.4 Å². The van der Waals surface area contributed by atoms with E-state index in [-0.39, 0.29) is 13.0 Å². The molecule has 0 saturated carbocycles. The molecule has 0 saturated heterocycles. The van der Waals surface area contributed by atoms with E-state index in [1.165, 1.54) is 13.2 Å². The lowest BCUT2D eigenvalue weighted by Gasteiger charge is -2.20. The van der Waals surface area contributed by atoms with Crippen LogP contribution in [-0.4, -0.2) is 47.6 Å². The highest BCUT2D eigenvalue weighted by atomic mass is 32.1. The van der Waals surface area contributed by atoms with Crippen molar-refractivity contribution < 1.29 is 29.3 Å². The molecule has 1 heterocycles. The van der Waals surface area contributed by atoms with Gasteiger partial charge >= 0.3 is 12.1 Å². The van der Waals surface area contributed by atoms with Crippen LogP contribution in [0.25, 0.3) is 0 Å². The fourth-order valence-corrected chi connectivity index (χ4v) is 2.68. The van der Waals surface area contributed by atoms with Gasteiger partial charge in [0, 0.05) is 11.4 Å². The Balaban J connectivity index is 2.45. The molecule has 2 unspecified atom stereocenters. The van der Waals surface area contributed by atoms with Crippen LogP contribution < -0.4 is 5.32 Å². The second-order valence-electron chi connectivity index (χ2n) is 5.92. The number of carbonyl (C=O) groups is 2. The van der Waals surface area contributed by atoms with E-state index in [1.54, 1.807) is 26.8 Å². The average Bonchev–Trinajstić information content (AvgIpc) is 2.93. The molecule has 0 spiro atoms. The van der Waals surface area contributed by atoms with Crippen molar-refractivity contribution in [2.45, 2.75) is 45.0 Å². The lowest BCUT2D eigenvalue weighted by atomic mass is 10.1. The van der Waals surface area contributed by atoms with Crippen molar-refractivity contribution in [3.05, 3.63) is 21.9 Å². The van der Waals surface area contributed by atoms with Gasteiger partial charge in [0.1, 0.15) is 16.6 Å². The highest BCUT2D eigenvalue weighted by Crippen LogP contribution is 2.27. The molecule has 1 aromatic rings. The van der Waals surface area contributed by atoms with Crippen LogP contribution in [0.2, 0.25) is 0 Å². The molecule has 1 aromatic heterocycles. The summed E-state index contributed by atoms with van der Waals surface area (Å²) in [5, 5.41) is 22.5. The number of rotatable bonds is 6. The Labute approximate surface area is 139 Å². The number of aliphatic hydroxyl groups excluding tert-OH is 2. The predicted molar refractivity (Wildman–Crippen MR) is 85.5 cm³/mol. The second kappa shape index (κ2) is 8.28. The molecule has 0 aromatic carbocycles. The normalized spacial score (nSPS) is 14.0. The van der Waals surface area contributed by atoms with Crippen LogP contribution in [0.15, 0.2) is 12.1 Å². The Morgan fingerprint density at radius 1 is 1.30 bits per heavy atom. The molecule has 8 heteroatoms. The molecule has 1 amide bonds. The minimum absolute atomic E-state index is 0.145. The number of nitrogens with one attached hydrogen (secondary N) is 1. The summed E-state index contributed by atoms with van der Waals surface area (Å²) >= 11 is 1.05. The Kier molecular flexibility index (Phi) is 6.99. The minimum atomic E-state index is -1.14. The number of aliphatic hydroxyl groups is 2. The maximum Gasteiger partial charge on any atom is 0.407 e. The Hall–Kier alpha value is -1.64. The molecule has 0 radical (unpaired) electrons. The van der Waals surface area contributed by atoms with Crippen LogP contribution in [0, 0.1) is 0 Å². The van der Waals surface area contributed by atoms with E-state index >= 15 is 0 Å². The number of amides is 1. The summed E-state index contributed by atoms with van der Waals surface area (Å²) in [5.41, 5.74) is -0.594. The van der Waals surface area contributed by atoms with Crippen molar-refractivity contribution in [3.63, 3.8) is 0 Å². The molecule has 0 bridgehead atoms. The van der Waals surface area contributed by atoms with E-state index in [0.717, 1.165) is 11.3 Å². The molecule has 0 aliphatic carbocycles. The standard InChI is InChI=1S/C15H23NO6S/c1-15(2,3)22-14(20)16-8-7-9(17)12(18)10-5-6-11(23-10)13(19)21-4/h5-6,9,12,17-18H,7-8H2,1-4H3,(H,16,20). The largest absolute Gasteiger partial charge is 0.465 e. The molecule has 3 N–H and O–H groups in total. The SMILES string of the molecule is COC(=O)c1ccc(C(O)C(O)CCNC(=O)OC(C)(C)C)s1. The zero-order valence-corrected chi connectivity index (χ0v) is 14.5. The van der Waals surface area contributed by atoms with Gasteiger partial charge in [-0.25, -0.2) is 9.59 Å². The number of hydrogen-bond donors (Lipinski definition) is 3. The van der Waals surface area contributed by atoms with Gasteiger partial charge in [0.05, 0.1) is 13.2 Å². The van der Waals surface area contributed by atoms with E-state index < -0.39 is 29.9 Å². The number of thiophene rings is 1. The number of esters is 1. The molecular formula is C15H23NO6S. The number of alkyl carbamates (subject to hydrolysis) is 1. The zero-order valence-electron chi connectivity index (χ0n) is 13.7. The van der Waals surface area contributed by atoms with E-state index in [4.69, 9.17) is 4.74 Å². The first-order valence-corrected chi connectivity index (χ1v) is 7.96. The summed E-state index contributed by atoms with van der Waals surface area (Å²) in [6.07, 6.45) is -2.65. The molecule has 0 aliphatic heterocycles. The fourth-order valence-electron chi connectivity index (χ4n) is 1.71. The summed E-state index contributed by atoms with van der Waals surface area (Å²) < 4.78 is 9.65. The quantitative estimate of drug-likeness (QED) is 0.680. The molecule has 0 aliphatic rings. The molecule has 2 atom stereocenters. The first kappa shape index (κ1) is 19.4. The van der Waals surface area contributed by atoms with Gasteiger partial charge in [0.25, 0.3) is 0 Å². The van der Waals surface area contributed by atoms with E-state index in [2.05, 4.69) is 10.1 Å². The Morgan fingerprint density at radius 3 is 2.52 bits per heavy atom. The van der Waals surface area contributed by atoms with Crippen LogP contribution in [0.5, 0.6) is 0 Å². The average molecular weight is 345 g/mol. The number of carbonyl (C=O) groups excluding carboxylic acids is 2. The van der Waals surface area contributed by atoms with Crippen LogP contribution in [0.1, 0.15) is 47.8 Å². The molecule has 7 nitrogen and oxygen atoms in total. The zero-order chi connectivity index (χ0) is 17.6. The van der Waals surface area contributed by atoms with Gasteiger partial charge in [-0.1, -0.05) is 0 Å². The Morgan fingerprint density at radius 2 is 1.96 bits per heavy atom. The maximum absolute atomic E-state index is 11.5. The van der Waals surface area contributed by atoms with E-state index in [9.17, 15) is 19.8 Å². The third kappa shape index (κ3) is 6.55. The topological polar surface area (TPSA) is 105 Å². The van der Waals surface area contributed by atoms with Crippen molar-refractivity contribution in [2.75, 3.05) is 13.7 Å². The third-order valence-corrected chi connectivity index (χ3v) is 3.91. The lowest BCUT2D eigenvalue weighted by Crippen LogP contribution is -2.34. The van der Waals surface area contributed by atoms with Gasteiger partial charge in [-0.05, 0) is 39.3 Å². The first-order chi connectivity index (χ1) is 10.6. The summed E-state index contributed by atoms with van der Waals surface area (Å²) in [4.78, 5) is 23.6. The van der Waals surface area contributed by atoms with Gasteiger partial charge < -0.3 is 25.0 Å². The molecule has 130 valence electrons. The van der Waals surface area contributed by atoms with Crippen molar-refractivity contribution in [1.29, 1.82) is 0 Å². The molecule has 23 heavy (non-hydrogen) atoms. The van der Waals surface area contributed by atoms with E-state index in [1.807, 2.05) is 0 Å². The number of ether oxygens (including phenoxy) is 2. The van der Waals surface area contributed by atoms with E-state index in [0.29, 0.717) is 9.75 Å². The Bertz CT molecular complexity index is 536. The number of hydrogen-bond acceptors (Lipinski definition) is 7. The summed E-state index contributed by atoms with van der Waals surface area (Å²) in [6, 6.07) is 3.09. The molecule has 1 rings (SSSR count). The second-order valence-corrected chi connectivity index (χ2v) is 7.04. The van der Waals surface area contributed by atoms with Gasteiger partial charge in [0.2, 0.25) is 0 Å². The number of methoxy groups -OCH3 is 1. The van der Waals surface area contributed by atoms with Crippen molar-refractivity contribution in [1.82, 2.24) is 5.32 Å². The highest BCUT2D eigenvalue weighted by Gasteiger charge is 2.22. The van der Waals surface area contributed by atoms with Crippen molar-refractivity contribution in [3.8, 4) is 0 Å². The van der Waals surface area contributed by atoms with Crippen LogP contribution >= 0.6 is 11.3 Å². The van der Waals surface area contributed by atoms with Crippen LogP contribution in [0.3, 0.4) is 0 Å². The maximum atomic E-state index is 11.5. The lowest BCUT2D eigenvalue weighted by molar-refractivity contribution is 0.0143. The minimum Gasteiger partial charge on any atom is -0.465 e. The summed E-state index contributed by atoms with van der Waals surface area (Å²) in [7, 11) is 1.27. The smallest absolute Gasteiger partial charge is 0.407 e. The van der Waals surface area contributed by atoms with Crippen LogP contribution in [-0.2, 0) is 9.47 Å². The van der Waals surface area contributed by atoms with Crippen LogP contribution in [0.4, 0.5) is 4.79 Å². The van der Waals surface area contributed by atoms with Gasteiger partial charge in [-0.3, -0.25) is 0 Å². The first-order valence-electron chi connectivity index (χ1n) is 7.15. The van der Waals surface area contributed by atoms with Gasteiger partial charge in [-0.2, -0.15) is 0 Å². The monoisotopic (exact) mass is 345 g/mol. The molecular weight excluding hydrogens is 322 g/mol. The highest BCUT2D eigenvalue weighted by molar-refractivity contribution is 7.14. The molecule has 0 fully saturated rings. The fraction of sp³-hybridized carbons (Fsp3) is 0.600. The summed E-state index contributed by atoms with van der Waals surface area (Å²) in [6.45, 7) is 5.41. The van der Waals surface area contributed by atoms with Crippen molar-refractivity contribution in [2.24, 2.45) is 0 Å². The third-order valence-electron chi connectivity index (χ3n) is 2.78.